The molecule has 0 spiro atoms. The summed E-state index contributed by atoms with van der Waals surface area (Å²) in [6, 6.07) is 3.40. The molecule has 0 aliphatic heterocycles. The zero-order valence-electron chi connectivity index (χ0n) is 12.9. The molecule has 0 bridgehead atoms. The molecule has 0 saturated carbocycles. The number of carbonyl (C=O) groups excluding carboxylic acids is 1. The maximum absolute atomic E-state index is 12.6. The van der Waals surface area contributed by atoms with Crippen molar-refractivity contribution in [3.63, 3.8) is 0 Å². The van der Waals surface area contributed by atoms with E-state index in [1.807, 2.05) is 6.92 Å². The molecule has 1 N–H and O–H groups in total. The Balaban J connectivity index is 2.51. The van der Waals surface area contributed by atoms with Crippen LogP contribution in [0.5, 0.6) is 5.88 Å². The summed E-state index contributed by atoms with van der Waals surface area (Å²) < 4.78 is 1.46. The highest BCUT2D eigenvalue weighted by Gasteiger charge is 2.27. The number of aromatic hydroxyl groups is 1. The van der Waals surface area contributed by atoms with Crippen LogP contribution in [0.2, 0.25) is 0 Å². The van der Waals surface area contributed by atoms with Gasteiger partial charge in [-0.3, -0.25) is 9.78 Å². The molecule has 2 aromatic rings. The molecule has 0 unspecified atom stereocenters. The molecule has 0 aliphatic carbocycles. The average Bonchev–Trinajstić information content (AvgIpc) is 2.73. The first-order chi connectivity index (χ1) is 9.83. The highest BCUT2D eigenvalue weighted by atomic mass is 16.3. The van der Waals surface area contributed by atoms with E-state index in [0.717, 1.165) is 0 Å². The minimum absolute atomic E-state index is 0.0245. The summed E-state index contributed by atoms with van der Waals surface area (Å²) in [6.07, 6.45) is 3.74. The van der Waals surface area contributed by atoms with Crippen LogP contribution in [0, 0.1) is 5.41 Å². The molecule has 21 heavy (non-hydrogen) atoms. The van der Waals surface area contributed by atoms with Crippen LogP contribution < -0.4 is 0 Å². The van der Waals surface area contributed by atoms with E-state index < -0.39 is 0 Å². The molecule has 0 saturated heterocycles. The lowest BCUT2D eigenvalue weighted by Crippen LogP contribution is -2.13. The van der Waals surface area contributed by atoms with Crippen molar-refractivity contribution >= 4 is 5.78 Å². The first-order valence-corrected chi connectivity index (χ1v) is 7.07. The van der Waals surface area contributed by atoms with Crippen LogP contribution in [-0.4, -0.2) is 25.7 Å². The van der Waals surface area contributed by atoms with Crippen LogP contribution in [0.25, 0.3) is 0 Å². The highest BCUT2D eigenvalue weighted by molar-refractivity contribution is 6.11. The van der Waals surface area contributed by atoms with Crippen LogP contribution in [0.3, 0.4) is 0 Å². The van der Waals surface area contributed by atoms with Crippen molar-refractivity contribution in [2.45, 2.75) is 40.7 Å². The third-order valence-electron chi connectivity index (χ3n) is 3.15. The summed E-state index contributed by atoms with van der Waals surface area (Å²) in [5.41, 5.74) is 1.36. The number of aryl methyl sites for hydroxylation is 1. The first-order valence-electron chi connectivity index (χ1n) is 7.07. The molecule has 0 radical (unpaired) electrons. The normalized spacial score (nSPS) is 11.6. The fourth-order valence-electron chi connectivity index (χ4n) is 2.22. The maximum Gasteiger partial charge on any atom is 0.221 e. The summed E-state index contributed by atoms with van der Waals surface area (Å²) in [4.78, 5) is 16.6. The predicted octanol–water partition coefficient (Wildman–Crippen LogP) is 2.82. The number of hydrogen-bond acceptors (Lipinski definition) is 4. The first kappa shape index (κ1) is 15.2. The van der Waals surface area contributed by atoms with Gasteiger partial charge in [0.2, 0.25) is 11.7 Å². The van der Waals surface area contributed by atoms with Crippen molar-refractivity contribution < 1.29 is 9.90 Å². The van der Waals surface area contributed by atoms with Gasteiger partial charge in [-0.25, -0.2) is 4.68 Å². The van der Waals surface area contributed by atoms with E-state index in [4.69, 9.17) is 0 Å². The second-order valence-corrected chi connectivity index (χ2v) is 6.27. The Morgan fingerprint density at radius 2 is 2.10 bits per heavy atom. The molecular weight excluding hydrogens is 266 g/mol. The van der Waals surface area contributed by atoms with Crippen LogP contribution in [0.4, 0.5) is 0 Å². The number of carbonyl (C=O) groups is 1. The maximum atomic E-state index is 12.6. The van der Waals surface area contributed by atoms with E-state index >= 15 is 0 Å². The largest absolute Gasteiger partial charge is 0.493 e. The fourth-order valence-corrected chi connectivity index (χ4v) is 2.22. The third-order valence-corrected chi connectivity index (χ3v) is 3.15. The topological polar surface area (TPSA) is 68.0 Å². The molecule has 2 rings (SSSR count). The summed E-state index contributed by atoms with van der Waals surface area (Å²) in [7, 11) is 0. The van der Waals surface area contributed by atoms with Gasteiger partial charge in [0.1, 0.15) is 5.56 Å². The second kappa shape index (κ2) is 5.68. The fraction of sp³-hybridized carbons (Fsp3) is 0.438. The lowest BCUT2D eigenvalue weighted by molar-refractivity contribution is 0.103. The number of hydrogen-bond donors (Lipinski definition) is 1. The lowest BCUT2D eigenvalue weighted by atomic mass is 9.88. The van der Waals surface area contributed by atoms with Gasteiger partial charge in [0.05, 0.1) is 5.69 Å². The Labute approximate surface area is 124 Å². The van der Waals surface area contributed by atoms with Gasteiger partial charge in [0, 0.05) is 24.5 Å². The molecule has 5 heteroatoms. The molecule has 5 nitrogen and oxygen atoms in total. The van der Waals surface area contributed by atoms with Gasteiger partial charge in [-0.05, 0) is 30.9 Å². The summed E-state index contributed by atoms with van der Waals surface area (Å²) in [5, 5.41) is 14.7. The lowest BCUT2D eigenvalue weighted by Gasteiger charge is -2.16. The SMILES string of the molecule is CCn1nc(CC(C)(C)C)c(C(=O)c2cccnc2)c1O. The van der Waals surface area contributed by atoms with Gasteiger partial charge in [-0.2, -0.15) is 5.10 Å². The van der Waals surface area contributed by atoms with Gasteiger partial charge in [0.15, 0.2) is 0 Å². The van der Waals surface area contributed by atoms with Crippen LogP contribution in [0.1, 0.15) is 49.3 Å². The van der Waals surface area contributed by atoms with Gasteiger partial charge < -0.3 is 5.11 Å². The quantitative estimate of drug-likeness (QED) is 0.878. The van der Waals surface area contributed by atoms with Crippen molar-refractivity contribution in [3.8, 4) is 5.88 Å². The van der Waals surface area contributed by atoms with Gasteiger partial charge in [0.25, 0.3) is 0 Å². The van der Waals surface area contributed by atoms with E-state index in [-0.39, 0.29) is 17.1 Å². The highest BCUT2D eigenvalue weighted by Crippen LogP contribution is 2.29. The zero-order valence-corrected chi connectivity index (χ0v) is 12.9. The van der Waals surface area contributed by atoms with E-state index in [1.165, 1.54) is 10.9 Å². The molecule has 0 aliphatic rings. The van der Waals surface area contributed by atoms with Crippen LogP contribution >= 0.6 is 0 Å². The van der Waals surface area contributed by atoms with Gasteiger partial charge >= 0.3 is 0 Å². The minimum atomic E-state index is -0.237. The summed E-state index contributed by atoms with van der Waals surface area (Å²) in [5.74, 6) is -0.301. The number of pyridine rings is 1. The Morgan fingerprint density at radius 3 is 2.62 bits per heavy atom. The van der Waals surface area contributed by atoms with Crippen molar-refractivity contribution in [1.82, 2.24) is 14.8 Å². The summed E-state index contributed by atoms with van der Waals surface area (Å²) >= 11 is 0. The van der Waals surface area contributed by atoms with E-state index in [2.05, 4.69) is 30.9 Å². The van der Waals surface area contributed by atoms with Crippen molar-refractivity contribution in [1.29, 1.82) is 0 Å². The number of ketones is 1. The molecule has 0 amide bonds. The molecule has 0 atom stereocenters. The van der Waals surface area contributed by atoms with Crippen molar-refractivity contribution in [2.24, 2.45) is 5.41 Å². The van der Waals surface area contributed by atoms with Crippen LogP contribution in [0.15, 0.2) is 24.5 Å². The smallest absolute Gasteiger partial charge is 0.221 e. The Kier molecular flexibility index (Phi) is 4.11. The Hall–Kier alpha value is -2.17. The minimum Gasteiger partial charge on any atom is -0.493 e. The second-order valence-electron chi connectivity index (χ2n) is 6.27. The predicted molar refractivity (Wildman–Crippen MR) is 80.4 cm³/mol. The molecular formula is C16H21N3O2. The van der Waals surface area contributed by atoms with E-state index in [1.54, 1.807) is 18.3 Å². The van der Waals surface area contributed by atoms with Crippen molar-refractivity contribution in [2.75, 3.05) is 0 Å². The molecule has 0 aromatic carbocycles. The number of nitrogens with zero attached hydrogens (tertiary/aromatic N) is 3. The molecule has 2 heterocycles. The van der Waals surface area contributed by atoms with E-state index in [9.17, 15) is 9.90 Å². The standard InChI is InChI=1S/C16H21N3O2/c1-5-19-15(21)13(12(18-19)9-16(2,3)4)14(20)11-7-6-8-17-10-11/h6-8,10,21H,5,9H2,1-4H3. The Bertz CT molecular complexity index is 640. The monoisotopic (exact) mass is 287 g/mol. The third kappa shape index (κ3) is 3.29. The molecule has 2 aromatic heterocycles. The average molecular weight is 287 g/mol. The van der Waals surface area contributed by atoms with Crippen LogP contribution in [-0.2, 0) is 13.0 Å². The van der Waals surface area contributed by atoms with Gasteiger partial charge in [-0.1, -0.05) is 20.8 Å². The number of aromatic nitrogens is 3. The van der Waals surface area contributed by atoms with Crippen molar-refractivity contribution in [3.05, 3.63) is 41.3 Å². The summed E-state index contributed by atoms with van der Waals surface area (Å²) in [6.45, 7) is 8.63. The zero-order chi connectivity index (χ0) is 15.6. The number of rotatable bonds is 4. The van der Waals surface area contributed by atoms with E-state index in [0.29, 0.717) is 29.8 Å². The Morgan fingerprint density at radius 1 is 1.38 bits per heavy atom. The molecule has 0 fully saturated rings. The molecule has 112 valence electrons. The van der Waals surface area contributed by atoms with Gasteiger partial charge in [-0.15, -0.1) is 0 Å².